The van der Waals surface area contributed by atoms with Gasteiger partial charge in [0.25, 0.3) is 0 Å². The van der Waals surface area contributed by atoms with E-state index in [0.717, 1.165) is 11.3 Å². The Morgan fingerprint density at radius 2 is 1.81 bits per heavy atom. The van der Waals surface area contributed by atoms with Crippen molar-refractivity contribution in [1.82, 2.24) is 0 Å². The van der Waals surface area contributed by atoms with Gasteiger partial charge in [0.1, 0.15) is 0 Å². The molecule has 2 rings (SSSR count). The van der Waals surface area contributed by atoms with E-state index < -0.39 is 6.04 Å². The van der Waals surface area contributed by atoms with Crippen molar-refractivity contribution in [3.05, 3.63) is 60.2 Å². The molecule has 0 aromatic heterocycles. The summed E-state index contributed by atoms with van der Waals surface area (Å²) in [6.07, 6.45) is 2.04. The van der Waals surface area contributed by atoms with Crippen molar-refractivity contribution in [3.63, 3.8) is 0 Å². The minimum absolute atomic E-state index is 0.266. The maximum atomic E-state index is 12.2. The summed E-state index contributed by atoms with van der Waals surface area (Å²) in [6.45, 7) is 2.18. The molecular formula is C17H19NO2S. The van der Waals surface area contributed by atoms with Gasteiger partial charge in [-0.2, -0.15) is 0 Å². The summed E-state index contributed by atoms with van der Waals surface area (Å²) in [6, 6.07) is 17.1. The zero-order valence-corrected chi connectivity index (χ0v) is 13.0. The van der Waals surface area contributed by atoms with E-state index >= 15 is 0 Å². The Labute approximate surface area is 129 Å². The topological polar surface area (TPSA) is 38.3 Å². The van der Waals surface area contributed by atoms with Gasteiger partial charge in [0, 0.05) is 10.6 Å². The van der Waals surface area contributed by atoms with E-state index in [1.807, 2.05) is 67.8 Å². The van der Waals surface area contributed by atoms with Crippen molar-refractivity contribution in [2.75, 3.05) is 18.2 Å². The van der Waals surface area contributed by atoms with E-state index in [2.05, 4.69) is 5.32 Å². The van der Waals surface area contributed by atoms with Crippen LogP contribution < -0.4 is 5.32 Å². The van der Waals surface area contributed by atoms with E-state index in [1.54, 1.807) is 11.8 Å². The molecule has 0 saturated carbocycles. The summed E-state index contributed by atoms with van der Waals surface area (Å²) in [7, 11) is 0. The number of ether oxygens (including phenoxy) is 1. The molecule has 0 saturated heterocycles. The maximum Gasteiger partial charge on any atom is 0.333 e. The third kappa shape index (κ3) is 4.26. The second kappa shape index (κ2) is 7.74. The van der Waals surface area contributed by atoms with Crippen LogP contribution in [0.2, 0.25) is 0 Å². The van der Waals surface area contributed by atoms with Crippen molar-refractivity contribution in [1.29, 1.82) is 0 Å². The van der Waals surface area contributed by atoms with Gasteiger partial charge in [0.15, 0.2) is 6.04 Å². The Morgan fingerprint density at radius 1 is 1.14 bits per heavy atom. The van der Waals surface area contributed by atoms with E-state index in [0.29, 0.717) is 6.61 Å². The summed E-state index contributed by atoms with van der Waals surface area (Å²) in [5.74, 6) is -0.266. The monoisotopic (exact) mass is 301 g/mol. The second-order valence-electron chi connectivity index (χ2n) is 4.47. The predicted molar refractivity (Wildman–Crippen MR) is 87.7 cm³/mol. The Morgan fingerprint density at radius 3 is 2.38 bits per heavy atom. The molecule has 4 heteroatoms. The molecule has 1 atom stereocenters. The summed E-state index contributed by atoms with van der Waals surface area (Å²) in [5, 5.41) is 3.25. The molecule has 0 radical (unpaired) electrons. The number of anilines is 1. The predicted octanol–water partition coefficient (Wildman–Crippen LogP) is 4.12. The number of thioether (sulfide) groups is 1. The molecule has 0 aliphatic rings. The Kier molecular flexibility index (Phi) is 5.69. The minimum atomic E-state index is -0.494. The lowest BCUT2D eigenvalue weighted by atomic mass is 10.1. The SMILES string of the molecule is CCOC(=O)[C@@H](Nc1ccc(SC)cc1)c1ccccc1. The first-order valence-electron chi connectivity index (χ1n) is 6.86. The molecule has 0 amide bonds. The first kappa shape index (κ1) is 15.4. The van der Waals surface area contributed by atoms with Crippen molar-refractivity contribution in [2.45, 2.75) is 17.9 Å². The largest absolute Gasteiger partial charge is 0.464 e. The van der Waals surface area contributed by atoms with E-state index in [9.17, 15) is 4.79 Å². The van der Waals surface area contributed by atoms with Crippen molar-refractivity contribution >= 4 is 23.4 Å². The number of esters is 1. The number of hydrogen-bond donors (Lipinski definition) is 1. The van der Waals surface area contributed by atoms with Crippen LogP contribution in [-0.2, 0) is 9.53 Å². The highest BCUT2D eigenvalue weighted by atomic mass is 32.2. The zero-order chi connectivity index (χ0) is 15.1. The van der Waals surface area contributed by atoms with Gasteiger partial charge in [-0.05, 0) is 43.0 Å². The van der Waals surface area contributed by atoms with Gasteiger partial charge >= 0.3 is 5.97 Å². The molecule has 0 spiro atoms. The lowest BCUT2D eigenvalue weighted by Crippen LogP contribution is -2.23. The molecule has 0 heterocycles. The van der Waals surface area contributed by atoms with E-state index in [1.165, 1.54) is 4.90 Å². The van der Waals surface area contributed by atoms with Gasteiger partial charge in [-0.1, -0.05) is 30.3 Å². The van der Waals surface area contributed by atoms with E-state index in [-0.39, 0.29) is 5.97 Å². The van der Waals surface area contributed by atoms with Crippen LogP contribution in [0, 0.1) is 0 Å². The Balaban J connectivity index is 2.21. The minimum Gasteiger partial charge on any atom is -0.464 e. The summed E-state index contributed by atoms with van der Waals surface area (Å²) in [5.41, 5.74) is 1.79. The van der Waals surface area contributed by atoms with Gasteiger partial charge in [0.05, 0.1) is 6.61 Å². The zero-order valence-electron chi connectivity index (χ0n) is 12.2. The lowest BCUT2D eigenvalue weighted by molar-refractivity contribution is -0.144. The molecule has 1 N–H and O–H groups in total. The smallest absolute Gasteiger partial charge is 0.333 e. The van der Waals surface area contributed by atoms with Gasteiger partial charge in [-0.15, -0.1) is 11.8 Å². The van der Waals surface area contributed by atoms with Crippen LogP contribution in [0.3, 0.4) is 0 Å². The summed E-state index contributed by atoms with van der Waals surface area (Å²) >= 11 is 1.69. The van der Waals surface area contributed by atoms with Crippen LogP contribution in [0.1, 0.15) is 18.5 Å². The maximum absolute atomic E-state index is 12.2. The number of nitrogens with one attached hydrogen (secondary N) is 1. The molecule has 2 aromatic carbocycles. The van der Waals surface area contributed by atoms with Crippen LogP contribution >= 0.6 is 11.8 Å². The van der Waals surface area contributed by atoms with E-state index in [4.69, 9.17) is 4.74 Å². The van der Waals surface area contributed by atoms with Crippen molar-refractivity contribution < 1.29 is 9.53 Å². The highest BCUT2D eigenvalue weighted by molar-refractivity contribution is 7.98. The average Bonchev–Trinajstić information content (AvgIpc) is 2.54. The Hall–Kier alpha value is -1.94. The second-order valence-corrected chi connectivity index (χ2v) is 5.35. The Bertz CT molecular complexity index is 569. The fraction of sp³-hybridized carbons (Fsp3) is 0.235. The molecule has 21 heavy (non-hydrogen) atoms. The normalized spacial score (nSPS) is 11.7. The third-order valence-corrected chi connectivity index (χ3v) is 3.80. The first-order chi connectivity index (χ1) is 10.2. The van der Waals surface area contributed by atoms with Crippen LogP contribution in [-0.4, -0.2) is 18.8 Å². The number of carbonyl (C=O) groups is 1. The molecule has 110 valence electrons. The molecule has 0 aliphatic carbocycles. The van der Waals surface area contributed by atoms with Crippen LogP contribution in [0.25, 0.3) is 0 Å². The number of carbonyl (C=O) groups excluding carboxylic acids is 1. The molecule has 3 nitrogen and oxygen atoms in total. The molecule has 0 unspecified atom stereocenters. The van der Waals surface area contributed by atoms with Gasteiger partial charge < -0.3 is 10.1 Å². The molecular weight excluding hydrogens is 282 g/mol. The molecule has 0 bridgehead atoms. The number of hydrogen-bond acceptors (Lipinski definition) is 4. The van der Waals surface area contributed by atoms with Crippen LogP contribution in [0.15, 0.2) is 59.5 Å². The summed E-state index contributed by atoms with van der Waals surface area (Å²) < 4.78 is 5.17. The fourth-order valence-electron chi connectivity index (χ4n) is 2.00. The average molecular weight is 301 g/mol. The molecule has 2 aromatic rings. The standard InChI is InChI=1S/C17H19NO2S/c1-3-20-17(19)16(13-7-5-4-6-8-13)18-14-9-11-15(21-2)12-10-14/h4-12,16,18H,3H2,1-2H3/t16-/m0/s1. The summed E-state index contributed by atoms with van der Waals surface area (Å²) in [4.78, 5) is 13.4. The first-order valence-corrected chi connectivity index (χ1v) is 8.09. The van der Waals surface area contributed by atoms with Crippen molar-refractivity contribution in [3.8, 4) is 0 Å². The molecule has 0 fully saturated rings. The molecule has 0 aliphatic heterocycles. The van der Waals surface area contributed by atoms with Crippen LogP contribution in [0.5, 0.6) is 0 Å². The van der Waals surface area contributed by atoms with Gasteiger partial charge in [-0.3, -0.25) is 0 Å². The fourth-order valence-corrected chi connectivity index (χ4v) is 2.41. The quantitative estimate of drug-likeness (QED) is 0.643. The van der Waals surface area contributed by atoms with Crippen molar-refractivity contribution in [2.24, 2.45) is 0 Å². The van der Waals surface area contributed by atoms with Gasteiger partial charge in [-0.25, -0.2) is 4.79 Å². The third-order valence-electron chi connectivity index (χ3n) is 3.06. The lowest BCUT2D eigenvalue weighted by Gasteiger charge is -2.19. The highest BCUT2D eigenvalue weighted by Gasteiger charge is 2.21. The van der Waals surface area contributed by atoms with Gasteiger partial charge in [0.2, 0.25) is 0 Å². The highest BCUT2D eigenvalue weighted by Crippen LogP contribution is 2.23. The number of rotatable bonds is 6. The van der Waals surface area contributed by atoms with Crippen LogP contribution in [0.4, 0.5) is 5.69 Å². The number of benzene rings is 2.